The maximum absolute atomic E-state index is 13.5. The van der Waals surface area contributed by atoms with Gasteiger partial charge in [-0.05, 0) is 45.0 Å². The van der Waals surface area contributed by atoms with Crippen LogP contribution in [-0.2, 0) is 0 Å². The third-order valence-electron chi connectivity index (χ3n) is 5.21. The fraction of sp³-hybridized carbons (Fsp3) is 0.368. The smallest absolute Gasteiger partial charge is 0.263 e. The molecule has 1 atom stereocenters. The van der Waals surface area contributed by atoms with Gasteiger partial charge < -0.3 is 22.1 Å². The van der Waals surface area contributed by atoms with E-state index in [2.05, 4.69) is 20.6 Å². The largest absolute Gasteiger partial charge is 0.382 e. The van der Waals surface area contributed by atoms with Crippen LogP contribution in [0.3, 0.4) is 0 Å². The summed E-state index contributed by atoms with van der Waals surface area (Å²) in [5, 5.41) is 7.47. The SMILES string of the molecule is C[C@H](Nc1nc(N)nc(N)c1Cl)c1nc2cccc(Cl)c2c(=O)n1C1CCNCC1. The van der Waals surface area contributed by atoms with Crippen LogP contribution in [-0.4, -0.2) is 32.6 Å². The molecule has 158 valence electrons. The molecule has 0 unspecified atom stereocenters. The van der Waals surface area contributed by atoms with Crippen LogP contribution in [0.2, 0.25) is 10.0 Å². The number of benzene rings is 1. The van der Waals surface area contributed by atoms with Crippen molar-refractivity contribution in [2.45, 2.75) is 31.8 Å². The molecule has 11 heteroatoms. The van der Waals surface area contributed by atoms with E-state index in [0.29, 0.717) is 21.7 Å². The number of nitrogen functional groups attached to an aromatic ring is 2. The van der Waals surface area contributed by atoms with Crippen LogP contribution in [0.1, 0.15) is 37.7 Å². The lowest BCUT2D eigenvalue weighted by atomic mass is 10.0. The predicted molar refractivity (Wildman–Crippen MR) is 120 cm³/mol. The Kier molecular flexibility index (Phi) is 5.68. The van der Waals surface area contributed by atoms with E-state index in [1.165, 1.54) is 0 Å². The Labute approximate surface area is 182 Å². The van der Waals surface area contributed by atoms with Gasteiger partial charge in [0.05, 0.1) is 22.0 Å². The van der Waals surface area contributed by atoms with Crippen molar-refractivity contribution in [3.63, 3.8) is 0 Å². The van der Waals surface area contributed by atoms with E-state index in [0.717, 1.165) is 25.9 Å². The number of anilines is 3. The summed E-state index contributed by atoms with van der Waals surface area (Å²) in [6.07, 6.45) is 1.62. The van der Waals surface area contributed by atoms with Crippen molar-refractivity contribution in [3.8, 4) is 0 Å². The third kappa shape index (κ3) is 3.76. The van der Waals surface area contributed by atoms with Gasteiger partial charge in [-0.25, -0.2) is 4.98 Å². The molecule has 1 fully saturated rings. The Hall–Kier alpha value is -2.62. The summed E-state index contributed by atoms with van der Waals surface area (Å²) >= 11 is 12.6. The van der Waals surface area contributed by atoms with Gasteiger partial charge >= 0.3 is 0 Å². The monoisotopic (exact) mass is 448 g/mol. The van der Waals surface area contributed by atoms with E-state index >= 15 is 0 Å². The van der Waals surface area contributed by atoms with Crippen LogP contribution in [0.25, 0.3) is 10.9 Å². The quantitative estimate of drug-likeness (QED) is 0.477. The minimum atomic E-state index is -0.415. The standard InChI is InChI=1S/C19H22Cl2N8O/c1-9(25-16-14(21)15(22)27-19(23)28-16)17-26-12-4-2-3-11(20)13(12)18(30)29(17)10-5-7-24-8-6-10/h2-4,9-10,24H,5-8H2,1H3,(H5,22,23,25,27,28)/t9-/m0/s1. The first kappa shape index (κ1) is 20.6. The summed E-state index contributed by atoms with van der Waals surface area (Å²) in [6.45, 7) is 3.52. The van der Waals surface area contributed by atoms with Gasteiger partial charge in [-0.15, -0.1) is 0 Å². The first-order valence-corrected chi connectivity index (χ1v) is 10.4. The van der Waals surface area contributed by atoms with Crippen molar-refractivity contribution in [2.24, 2.45) is 0 Å². The average molecular weight is 449 g/mol. The van der Waals surface area contributed by atoms with Crippen molar-refractivity contribution < 1.29 is 0 Å². The van der Waals surface area contributed by atoms with Gasteiger partial charge in [0.15, 0.2) is 5.82 Å². The Morgan fingerprint density at radius 2 is 1.93 bits per heavy atom. The fourth-order valence-electron chi connectivity index (χ4n) is 3.79. The second-order valence-electron chi connectivity index (χ2n) is 7.26. The van der Waals surface area contributed by atoms with Crippen LogP contribution in [0.15, 0.2) is 23.0 Å². The van der Waals surface area contributed by atoms with Gasteiger partial charge in [0.2, 0.25) is 5.95 Å². The van der Waals surface area contributed by atoms with E-state index in [1.807, 2.05) is 6.92 Å². The van der Waals surface area contributed by atoms with Crippen molar-refractivity contribution in [1.82, 2.24) is 24.8 Å². The lowest BCUT2D eigenvalue weighted by Crippen LogP contribution is -2.37. The van der Waals surface area contributed by atoms with Gasteiger partial charge in [-0.2, -0.15) is 9.97 Å². The first-order chi connectivity index (χ1) is 14.4. The Bertz CT molecular complexity index is 1160. The van der Waals surface area contributed by atoms with Crippen LogP contribution < -0.4 is 27.7 Å². The minimum absolute atomic E-state index is 0.000554. The molecule has 9 nitrogen and oxygen atoms in total. The molecule has 0 radical (unpaired) electrons. The molecule has 0 amide bonds. The Balaban J connectivity index is 1.85. The van der Waals surface area contributed by atoms with E-state index < -0.39 is 6.04 Å². The summed E-state index contributed by atoms with van der Waals surface area (Å²) in [7, 11) is 0. The normalized spacial score (nSPS) is 16.0. The number of aromatic nitrogens is 4. The number of nitrogens with one attached hydrogen (secondary N) is 2. The van der Waals surface area contributed by atoms with E-state index in [1.54, 1.807) is 22.8 Å². The summed E-state index contributed by atoms with van der Waals surface area (Å²) in [6, 6.07) is 4.84. The maximum Gasteiger partial charge on any atom is 0.263 e. The van der Waals surface area contributed by atoms with Crippen molar-refractivity contribution >= 4 is 51.7 Å². The maximum atomic E-state index is 13.5. The van der Waals surface area contributed by atoms with Crippen LogP contribution >= 0.6 is 23.2 Å². The number of piperidine rings is 1. The molecule has 1 aliphatic rings. The molecule has 30 heavy (non-hydrogen) atoms. The van der Waals surface area contributed by atoms with Crippen molar-refractivity contribution in [3.05, 3.63) is 44.4 Å². The molecule has 0 saturated carbocycles. The van der Waals surface area contributed by atoms with Gasteiger partial charge in [0.1, 0.15) is 16.7 Å². The van der Waals surface area contributed by atoms with Gasteiger partial charge in [-0.3, -0.25) is 9.36 Å². The average Bonchev–Trinajstić information content (AvgIpc) is 2.72. The number of nitrogens with zero attached hydrogens (tertiary/aromatic N) is 4. The summed E-state index contributed by atoms with van der Waals surface area (Å²) < 4.78 is 1.74. The van der Waals surface area contributed by atoms with Crippen LogP contribution in [0.4, 0.5) is 17.6 Å². The molecule has 3 aromatic rings. The van der Waals surface area contributed by atoms with E-state index in [4.69, 9.17) is 39.7 Å². The van der Waals surface area contributed by atoms with E-state index in [9.17, 15) is 4.79 Å². The van der Waals surface area contributed by atoms with Gasteiger partial charge in [0.25, 0.3) is 5.56 Å². The first-order valence-electron chi connectivity index (χ1n) is 9.63. The Morgan fingerprint density at radius 1 is 1.20 bits per heavy atom. The molecule has 1 aliphatic heterocycles. The zero-order chi connectivity index (χ0) is 21.4. The lowest BCUT2D eigenvalue weighted by Gasteiger charge is -2.29. The predicted octanol–water partition coefficient (Wildman–Crippen LogP) is 2.76. The molecule has 0 spiro atoms. The van der Waals surface area contributed by atoms with Crippen LogP contribution in [0, 0.1) is 0 Å². The molecule has 0 bridgehead atoms. The highest BCUT2D eigenvalue weighted by Crippen LogP contribution is 2.30. The Morgan fingerprint density at radius 3 is 2.67 bits per heavy atom. The van der Waals surface area contributed by atoms with Gasteiger partial charge in [-0.1, -0.05) is 29.3 Å². The fourth-order valence-corrected chi connectivity index (χ4v) is 4.18. The minimum Gasteiger partial charge on any atom is -0.382 e. The summed E-state index contributed by atoms with van der Waals surface area (Å²) in [4.78, 5) is 26.3. The molecule has 3 heterocycles. The third-order valence-corrected chi connectivity index (χ3v) is 5.90. The molecule has 0 aliphatic carbocycles. The second-order valence-corrected chi connectivity index (χ2v) is 8.04. The molecule has 6 N–H and O–H groups in total. The highest BCUT2D eigenvalue weighted by Gasteiger charge is 2.25. The number of rotatable bonds is 4. The lowest BCUT2D eigenvalue weighted by molar-refractivity contribution is 0.347. The highest BCUT2D eigenvalue weighted by atomic mass is 35.5. The zero-order valence-corrected chi connectivity index (χ0v) is 17.8. The number of hydrogen-bond donors (Lipinski definition) is 4. The molecule has 1 aromatic carbocycles. The number of fused-ring (bicyclic) bond motifs is 1. The molecular formula is C19H22Cl2N8O. The molecule has 1 saturated heterocycles. The highest BCUT2D eigenvalue weighted by molar-refractivity contribution is 6.35. The summed E-state index contributed by atoms with van der Waals surface area (Å²) in [5.74, 6) is 0.924. The number of halogens is 2. The number of hydrogen-bond acceptors (Lipinski definition) is 8. The van der Waals surface area contributed by atoms with Crippen molar-refractivity contribution in [2.75, 3.05) is 29.9 Å². The van der Waals surface area contributed by atoms with Crippen LogP contribution in [0.5, 0.6) is 0 Å². The van der Waals surface area contributed by atoms with Crippen molar-refractivity contribution in [1.29, 1.82) is 0 Å². The van der Waals surface area contributed by atoms with Gasteiger partial charge in [0, 0.05) is 6.04 Å². The van der Waals surface area contributed by atoms with E-state index in [-0.39, 0.29) is 34.2 Å². The molecule has 4 rings (SSSR count). The molecule has 2 aromatic heterocycles. The second kappa shape index (κ2) is 8.25. The summed E-state index contributed by atoms with van der Waals surface area (Å²) in [5.41, 5.74) is 11.9. The molecular weight excluding hydrogens is 427 g/mol. The number of nitrogens with two attached hydrogens (primary N) is 2. The topological polar surface area (TPSA) is 137 Å². The zero-order valence-electron chi connectivity index (χ0n) is 16.3.